The number of nitrogens with zero attached hydrogens (tertiary/aromatic N) is 5. The van der Waals surface area contributed by atoms with Gasteiger partial charge in [0.25, 0.3) is 5.56 Å². The van der Waals surface area contributed by atoms with Crippen LogP contribution in [-0.2, 0) is 35.5 Å². The van der Waals surface area contributed by atoms with Crippen LogP contribution in [0.3, 0.4) is 0 Å². The number of aryl methyl sites for hydroxylation is 1. The molecule has 3 heterocycles. The molecule has 10 nitrogen and oxygen atoms in total. The fourth-order valence-electron chi connectivity index (χ4n) is 3.88. The molecule has 0 spiro atoms. The third-order valence-corrected chi connectivity index (χ3v) is 7.61. The Morgan fingerprint density at radius 2 is 1.62 bits per heavy atom. The smallest absolute Gasteiger partial charge is 0.282 e. The number of fused-ring (bicyclic) bond motifs is 1. The van der Waals surface area contributed by atoms with Crippen LogP contribution in [0.15, 0.2) is 88.4 Å². The van der Waals surface area contributed by atoms with Gasteiger partial charge >= 0.3 is 0 Å². The van der Waals surface area contributed by atoms with Gasteiger partial charge in [-0.3, -0.25) is 19.0 Å². The molecule has 0 fully saturated rings. The highest BCUT2D eigenvalue weighted by Crippen LogP contribution is 2.20. The van der Waals surface area contributed by atoms with Gasteiger partial charge in [0.15, 0.2) is 21.5 Å². The van der Waals surface area contributed by atoms with Crippen LogP contribution < -0.4 is 16.2 Å². The minimum Gasteiger partial charge on any atom is -0.352 e. The van der Waals surface area contributed by atoms with Gasteiger partial charge in [-0.15, -0.1) is 11.3 Å². The van der Waals surface area contributed by atoms with E-state index in [9.17, 15) is 14.4 Å². The molecule has 0 bridgehead atoms. The first-order valence-corrected chi connectivity index (χ1v) is 14.3. The van der Waals surface area contributed by atoms with E-state index in [0.717, 1.165) is 22.9 Å². The van der Waals surface area contributed by atoms with E-state index in [4.69, 9.17) is 0 Å². The number of benzene rings is 2. The molecule has 40 heavy (non-hydrogen) atoms. The van der Waals surface area contributed by atoms with E-state index in [1.807, 2.05) is 60.7 Å². The monoisotopic (exact) mass is 571 g/mol. The number of aromatic nitrogens is 5. The molecule has 3 aromatic heterocycles. The van der Waals surface area contributed by atoms with E-state index in [2.05, 4.69) is 30.6 Å². The number of thiazole rings is 1. The Labute approximate surface area is 237 Å². The number of rotatable bonds is 11. The van der Waals surface area contributed by atoms with Crippen molar-refractivity contribution >= 4 is 51.2 Å². The summed E-state index contributed by atoms with van der Waals surface area (Å²) < 4.78 is 1.54. The van der Waals surface area contributed by atoms with E-state index >= 15 is 0 Å². The fraction of sp³-hybridized carbons (Fsp3) is 0.179. The average Bonchev–Trinajstić information content (AvgIpc) is 3.42. The van der Waals surface area contributed by atoms with E-state index in [-0.39, 0.29) is 40.7 Å². The highest BCUT2D eigenvalue weighted by Gasteiger charge is 2.16. The molecule has 2 aromatic carbocycles. The summed E-state index contributed by atoms with van der Waals surface area (Å²) in [5, 5.41) is 8.17. The van der Waals surface area contributed by atoms with Crippen molar-refractivity contribution in [2.24, 2.45) is 0 Å². The number of thioether (sulfide) groups is 1. The highest BCUT2D eigenvalue weighted by molar-refractivity contribution is 7.99. The molecule has 0 aliphatic heterocycles. The number of carbonyl (C=O) groups excluding carboxylic acids is 2. The predicted molar refractivity (Wildman–Crippen MR) is 155 cm³/mol. The molecule has 0 aliphatic rings. The van der Waals surface area contributed by atoms with Crippen LogP contribution in [0.2, 0.25) is 0 Å². The van der Waals surface area contributed by atoms with Crippen molar-refractivity contribution in [2.45, 2.75) is 31.1 Å². The van der Waals surface area contributed by atoms with Gasteiger partial charge in [0, 0.05) is 30.9 Å². The molecule has 12 heteroatoms. The number of nitrogens with one attached hydrogen (secondary N) is 2. The van der Waals surface area contributed by atoms with Gasteiger partial charge in [0.2, 0.25) is 11.8 Å². The maximum Gasteiger partial charge on any atom is 0.282 e. The van der Waals surface area contributed by atoms with E-state index in [1.54, 1.807) is 5.38 Å². The van der Waals surface area contributed by atoms with Crippen molar-refractivity contribution in [2.75, 3.05) is 11.1 Å². The molecule has 5 aromatic rings. The zero-order valence-electron chi connectivity index (χ0n) is 21.3. The van der Waals surface area contributed by atoms with Crippen LogP contribution in [0.1, 0.15) is 16.8 Å². The summed E-state index contributed by atoms with van der Waals surface area (Å²) in [4.78, 5) is 55.4. The fourth-order valence-corrected chi connectivity index (χ4v) is 5.42. The molecule has 0 saturated carbocycles. The first-order chi connectivity index (χ1) is 19.5. The van der Waals surface area contributed by atoms with Crippen LogP contribution in [0.25, 0.3) is 11.2 Å². The van der Waals surface area contributed by atoms with E-state index in [1.165, 1.54) is 28.3 Å². The summed E-state index contributed by atoms with van der Waals surface area (Å²) >= 11 is 2.39. The lowest BCUT2D eigenvalue weighted by Crippen LogP contribution is -2.26. The van der Waals surface area contributed by atoms with Crippen molar-refractivity contribution in [3.05, 3.63) is 106 Å². The second-order valence-corrected chi connectivity index (χ2v) is 10.5. The lowest BCUT2D eigenvalue weighted by atomic mass is 10.1. The zero-order chi connectivity index (χ0) is 27.7. The van der Waals surface area contributed by atoms with Gasteiger partial charge < -0.3 is 10.6 Å². The third kappa shape index (κ3) is 7.16. The summed E-state index contributed by atoms with van der Waals surface area (Å²) in [5.74, 6) is -0.445. The molecule has 0 radical (unpaired) electrons. The van der Waals surface area contributed by atoms with Crippen molar-refractivity contribution in [1.29, 1.82) is 0 Å². The number of hydrogen-bond acceptors (Lipinski definition) is 9. The van der Waals surface area contributed by atoms with Crippen LogP contribution >= 0.6 is 23.1 Å². The molecular weight excluding hydrogens is 546 g/mol. The molecule has 0 unspecified atom stereocenters. The molecular formula is C28H25N7O3S2. The number of anilines is 1. The van der Waals surface area contributed by atoms with Crippen molar-refractivity contribution < 1.29 is 9.59 Å². The lowest BCUT2D eigenvalue weighted by molar-refractivity contribution is -0.120. The maximum absolute atomic E-state index is 13.2. The maximum atomic E-state index is 13.2. The van der Waals surface area contributed by atoms with Gasteiger partial charge in [-0.05, 0) is 17.5 Å². The topological polar surface area (TPSA) is 132 Å². The Balaban J connectivity index is 1.19. The average molecular weight is 572 g/mol. The summed E-state index contributed by atoms with van der Waals surface area (Å²) in [6, 6.07) is 19.5. The Morgan fingerprint density at radius 1 is 0.900 bits per heavy atom. The van der Waals surface area contributed by atoms with Crippen LogP contribution in [0.4, 0.5) is 5.13 Å². The Hall–Kier alpha value is -4.42. The lowest BCUT2D eigenvalue weighted by Gasteiger charge is -2.12. The first-order valence-electron chi connectivity index (χ1n) is 12.5. The minimum absolute atomic E-state index is 0.00994. The number of amides is 2. The van der Waals surface area contributed by atoms with Gasteiger partial charge in [-0.1, -0.05) is 72.4 Å². The normalized spacial score (nSPS) is 10.9. The largest absolute Gasteiger partial charge is 0.352 e. The molecule has 2 amide bonds. The second kappa shape index (κ2) is 13.1. The highest BCUT2D eigenvalue weighted by atomic mass is 32.2. The summed E-state index contributed by atoms with van der Waals surface area (Å²) in [6.45, 7) is 0.823. The molecule has 202 valence electrons. The molecule has 0 saturated heterocycles. The van der Waals surface area contributed by atoms with E-state index in [0.29, 0.717) is 35.5 Å². The summed E-state index contributed by atoms with van der Waals surface area (Å²) in [7, 11) is 0. The second-order valence-electron chi connectivity index (χ2n) is 8.74. The molecule has 2 N–H and O–H groups in total. The number of hydrogen-bond donors (Lipinski definition) is 2. The Morgan fingerprint density at radius 3 is 2.40 bits per heavy atom. The predicted octanol–water partition coefficient (Wildman–Crippen LogP) is 3.48. The van der Waals surface area contributed by atoms with Crippen molar-refractivity contribution in [1.82, 2.24) is 29.8 Å². The third-order valence-electron chi connectivity index (χ3n) is 5.83. The zero-order valence-corrected chi connectivity index (χ0v) is 23.0. The van der Waals surface area contributed by atoms with Gasteiger partial charge in [0.05, 0.1) is 17.9 Å². The SMILES string of the molecule is O=C(Cc1csc(NC(=O)CSc2nc3nccnc3c(=O)n2CCc2ccccc2)n1)NCc1ccccc1. The van der Waals surface area contributed by atoms with Crippen LogP contribution in [0.5, 0.6) is 0 Å². The van der Waals surface area contributed by atoms with Gasteiger partial charge in [-0.2, -0.15) is 0 Å². The van der Waals surface area contributed by atoms with Crippen LogP contribution in [0, 0.1) is 0 Å². The minimum atomic E-state index is -0.303. The first kappa shape index (κ1) is 27.2. The van der Waals surface area contributed by atoms with Crippen molar-refractivity contribution in [3.8, 4) is 0 Å². The Kier molecular flexibility index (Phi) is 8.89. The number of carbonyl (C=O) groups is 2. The van der Waals surface area contributed by atoms with Crippen molar-refractivity contribution in [3.63, 3.8) is 0 Å². The van der Waals surface area contributed by atoms with E-state index < -0.39 is 0 Å². The quantitative estimate of drug-likeness (QED) is 0.182. The standard InChI is InChI=1S/C28H25N7O3S2/c36-22(31-16-20-9-5-2-6-10-20)15-21-17-39-27(32-21)33-23(37)18-40-28-34-25-24(29-12-13-30-25)26(38)35(28)14-11-19-7-3-1-4-8-19/h1-10,12-13,17H,11,14-16,18H2,(H,31,36)(H,32,33,37). The molecule has 5 rings (SSSR count). The summed E-state index contributed by atoms with van der Waals surface area (Å²) in [5.41, 5.74) is 2.79. The Bertz CT molecular complexity index is 1670. The van der Waals surface area contributed by atoms with Gasteiger partial charge in [-0.25, -0.2) is 19.9 Å². The summed E-state index contributed by atoms with van der Waals surface area (Å²) in [6.07, 6.45) is 3.67. The van der Waals surface area contributed by atoms with Crippen LogP contribution in [-0.4, -0.2) is 42.1 Å². The van der Waals surface area contributed by atoms with Gasteiger partial charge in [0.1, 0.15) is 0 Å². The molecule has 0 aliphatic carbocycles. The molecule has 0 atom stereocenters.